The zero-order valence-electron chi connectivity index (χ0n) is 21.5. The first-order valence-corrected chi connectivity index (χ1v) is 13.0. The van der Waals surface area contributed by atoms with E-state index in [1.165, 1.54) is 0 Å². The summed E-state index contributed by atoms with van der Waals surface area (Å²) in [6.45, 7) is 9.19. The molecule has 0 spiro atoms. The molecule has 0 radical (unpaired) electrons. The number of aromatic nitrogens is 4. The van der Waals surface area contributed by atoms with Gasteiger partial charge in [0.25, 0.3) is 0 Å². The second kappa shape index (κ2) is 9.03. The molecule has 4 N–H and O–H groups in total. The third kappa shape index (κ3) is 4.16. The Morgan fingerprint density at radius 1 is 1.11 bits per heavy atom. The van der Waals surface area contributed by atoms with Crippen LogP contribution in [0.3, 0.4) is 0 Å². The van der Waals surface area contributed by atoms with Gasteiger partial charge in [-0.1, -0.05) is 0 Å². The Balaban J connectivity index is 1.36. The van der Waals surface area contributed by atoms with E-state index in [4.69, 9.17) is 30.9 Å². The molecule has 3 saturated heterocycles. The van der Waals surface area contributed by atoms with Crippen LogP contribution in [0.5, 0.6) is 0 Å². The Morgan fingerprint density at radius 3 is 2.65 bits per heavy atom. The molecule has 4 aliphatic heterocycles. The van der Waals surface area contributed by atoms with E-state index in [0.29, 0.717) is 45.3 Å². The van der Waals surface area contributed by atoms with Crippen LogP contribution in [0, 0.1) is 0 Å². The number of hydrogen-bond acceptors (Lipinski definition) is 11. The maximum atomic E-state index is 13.3. The number of morpholine rings is 1. The molecule has 1 amide bonds. The molecule has 2 aromatic rings. The molecule has 3 fully saturated rings. The Labute approximate surface area is 216 Å². The van der Waals surface area contributed by atoms with E-state index in [2.05, 4.69) is 33.6 Å². The fraction of sp³-hybridized carbons (Fsp3) is 0.640. The molecule has 198 valence electrons. The minimum atomic E-state index is -0.918. The highest BCUT2D eigenvalue weighted by Gasteiger charge is 2.49. The first kappa shape index (κ1) is 24.3. The highest BCUT2D eigenvalue weighted by atomic mass is 16.5. The molecule has 3 atom stereocenters. The van der Waals surface area contributed by atoms with Crippen molar-refractivity contribution in [1.29, 1.82) is 0 Å². The molecular formula is C25H35N9O3. The number of anilines is 3. The van der Waals surface area contributed by atoms with Crippen LogP contribution in [0.1, 0.15) is 32.3 Å². The third-order valence-electron chi connectivity index (χ3n) is 8.25. The van der Waals surface area contributed by atoms with Crippen molar-refractivity contribution >= 4 is 23.6 Å². The number of hydrogen-bond donors (Lipinski definition) is 2. The number of carbonyl (C=O) groups is 1. The molecule has 6 heterocycles. The third-order valence-corrected chi connectivity index (χ3v) is 8.25. The van der Waals surface area contributed by atoms with E-state index >= 15 is 0 Å². The van der Waals surface area contributed by atoms with E-state index in [0.717, 1.165) is 48.6 Å². The predicted octanol–water partition coefficient (Wildman–Crippen LogP) is 0.212. The Kier molecular flexibility index (Phi) is 5.92. The van der Waals surface area contributed by atoms with Crippen LogP contribution in [-0.2, 0) is 20.7 Å². The SMILES string of the molecule is C[C@H]1COCCN1c1nc(-c2cnc(N)nc2)c2c(n1)N([C@@]1(C)CCN(C(=O)C3(N)CCOC3)C1)CC2. The minimum Gasteiger partial charge on any atom is -0.379 e. The zero-order valence-corrected chi connectivity index (χ0v) is 21.5. The fourth-order valence-corrected chi connectivity index (χ4v) is 6.02. The zero-order chi connectivity index (χ0) is 25.8. The maximum absolute atomic E-state index is 13.3. The molecule has 37 heavy (non-hydrogen) atoms. The molecule has 6 rings (SSSR count). The molecule has 0 aliphatic carbocycles. The van der Waals surface area contributed by atoms with Crippen LogP contribution >= 0.6 is 0 Å². The molecule has 1 unspecified atom stereocenters. The summed E-state index contributed by atoms with van der Waals surface area (Å²) in [4.78, 5) is 38.4. The minimum absolute atomic E-state index is 0.0154. The van der Waals surface area contributed by atoms with Gasteiger partial charge in [-0.25, -0.2) is 15.0 Å². The largest absolute Gasteiger partial charge is 0.379 e. The average Bonchev–Trinajstić information content (AvgIpc) is 3.63. The summed E-state index contributed by atoms with van der Waals surface area (Å²) in [5.41, 5.74) is 13.7. The summed E-state index contributed by atoms with van der Waals surface area (Å²) in [7, 11) is 0. The average molecular weight is 510 g/mol. The number of nitrogen functional groups attached to an aromatic ring is 1. The molecule has 0 aromatic carbocycles. The van der Waals surface area contributed by atoms with E-state index in [9.17, 15) is 4.79 Å². The van der Waals surface area contributed by atoms with Crippen molar-refractivity contribution in [1.82, 2.24) is 24.8 Å². The van der Waals surface area contributed by atoms with Gasteiger partial charge >= 0.3 is 0 Å². The maximum Gasteiger partial charge on any atom is 0.245 e. The molecule has 0 saturated carbocycles. The van der Waals surface area contributed by atoms with Crippen molar-refractivity contribution in [2.24, 2.45) is 5.73 Å². The van der Waals surface area contributed by atoms with E-state index in [1.54, 1.807) is 12.4 Å². The second-order valence-electron chi connectivity index (χ2n) is 11.0. The van der Waals surface area contributed by atoms with Crippen LogP contribution in [-0.4, -0.2) is 100 Å². The van der Waals surface area contributed by atoms with Gasteiger partial charge in [-0.15, -0.1) is 0 Å². The summed E-state index contributed by atoms with van der Waals surface area (Å²) in [6, 6.07) is 0.154. The Hall–Kier alpha value is -3.09. The first-order valence-electron chi connectivity index (χ1n) is 13.0. The summed E-state index contributed by atoms with van der Waals surface area (Å²) in [6.07, 6.45) is 5.65. The summed E-state index contributed by atoms with van der Waals surface area (Å²) in [5.74, 6) is 1.80. The van der Waals surface area contributed by atoms with Gasteiger partial charge < -0.3 is 35.6 Å². The van der Waals surface area contributed by atoms with Gasteiger partial charge in [0.2, 0.25) is 17.8 Å². The molecule has 2 aromatic heterocycles. The Bertz CT molecular complexity index is 1190. The van der Waals surface area contributed by atoms with Crippen molar-refractivity contribution in [2.45, 2.75) is 50.2 Å². The monoisotopic (exact) mass is 509 g/mol. The van der Waals surface area contributed by atoms with Gasteiger partial charge in [-0.3, -0.25) is 4.79 Å². The van der Waals surface area contributed by atoms with E-state index in [1.807, 2.05) is 4.90 Å². The van der Waals surface area contributed by atoms with Gasteiger partial charge in [-0.2, -0.15) is 4.98 Å². The number of ether oxygens (including phenoxy) is 2. The highest BCUT2D eigenvalue weighted by molar-refractivity contribution is 5.87. The molecule has 0 bridgehead atoms. The van der Waals surface area contributed by atoms with E-state index < -0.39 is 5.54 Å². The normalized spacial score (nSPS) is 29.7. The number of likely N-dealkylation sites (tertiary alicyclic amines) is 1. The number of nitrogens with zero attached hydrogens (tertiary/aromatic N) is 7. The number of carbonyl (C=O) groups excluding carboxylic acids is 1. The number of nitrogens with two attached hydrogens (primary N) is 2. The van der Waals surface area contributed by atoms with Crippen molar-refractivity contribution in [3.63, 3.8) is 0 Å². The second-order valence-corrected chi connectivity index (χ2v) is 11.0. The smallest absolute Gasteiger partial charge is 0.245 e. The summed E-state index contributed by atoms with van der Waals surface area (Å²) in [5, 5.41) is 0. The van der Waals surface area contributed by atoms with Crippen molar-refractivity contribution in [2.75, 3.05) is 68.1 Å². The lowest BCUT2D eigenvalue weighted by atomic mass is 9.97. The molecule has 12 heteroatoms. The highest BCUT2D eigenvalue weighted by Crippen LogP contribution is 2.42. The van der Waals surface area contributed by atoms with Crippen molar-refractivity contribution in [3.8, 4) is 11.3 Å². The summed E-state index contributed by atoms with van der Waals surface area (Å²) < 4.78 is 11.1. The van der Waals surface area contributed by atoms with Gasteiger partial charge in [-0.05, 0) is 33.1 Å². The lowest BCUT2D eigenvalue weighted by Crippen LogP contribution is -2.57. The molecule has 12 nitrogen and oxygen atoms in total. The van der Waals surface area contributed by atoms with Crippen molar-refractivity contribution in [3.05, 3.63) is 18.0 Å². The quantitative estimate of drug-likeness (QED) is 0.582. The number of amides is 1. The van der Waals surface area contributed by atoms with Gasteiger partial charge in [0.1, 0.15) is 11.4 Å². The van der Waals surface area contributed by atoms with E-state index in [-0.39, 0.29) is 30.0 Å². The lowest BCUT2D eigenvalue weighted by Gasteiger charge is -2.38. The van der Waals surface area contributed by atoms with Crippen LogP contribution < -0.4 is 21.3 Å². The van der Waals surface area contributed by atoms with Gasteiger partial charge in [0, 0.05) is 56.3 Å². The van der Waals surface area contributed by atoms with Gasteiger partial charge in [0.05, 0.1) is 37.1 Å². The number of rotatable bonds is 4. The van der Waals surface area contributed by atoms with Crippen LogP contribution in [0.4, 0.5) is 17.7 Å². The van der Waals surface area contributed by atoms with Crippen LogP contribution in [0.2, 0.25) is 0 Å². The first-order chi connectivity index (χ1) is 17.8. The molecule has 4 aliphatic rings. The topological polar surface area (TPSA) is 149 Å². The van der Waals surface area contributed by atoms with Crippen molar-refractivity contribution < 1.29 is 14.3 Å². The van der Waals surface area contributed by atoms with Crippen LogP contribution in [0.25, 0.3) is 11.3 Å². The van der Waals surface area contributed by atoms with Gasteiger partial charge in [0.15, 0.2) is 0 Å². The summed E-state index contributed by atoms with van der Waals surface area (Å²) >= 11 is 0. The Morgan fingerprint density at radius 2 is 1.92 bits per heavy atom. The van der Waals surface area contributed by atoms with Crippen LogP contribution in [0.15, 0.2) is 12.4 Å². The lowest BCUT2D eigenvalue weighted by molar-refractivity contribution is -0.136. The number of fused-ring (bicyclic) bond motifs is 1. The molecular weight excluding hydrogens is 474 g/mol. The standard InChI is InChI=1S/C25H35N9O3/c1-16-13-36-10-8-33(16)23-30-19(17-11-28-22(26)29-12-17)18-3-6-34(20(18)31-23)24(2)4-7-32(14-24)21(35)25(27)5-9-37-15-25/h11-12,16H,3-10,13-15,27H2,1-2H3,(H2,26,28,29)/t16-,24-,25?/m0/s1. The fourth-order valence-electron chi connectivity index (χ4n) is 6.02. The predicted molar refractivity (Wildman–Crippen MR) is 138 cm³/mol.